The third-order valence-electron chi connectivity index (χ3n) is 3.09. The molecule has 0 saturated carbocycles. The van der Waals surface area contributed by atoms with Gasteiger partial charge in [-0.2, -0.15) is 0 Å². The number of nitrogens with one attached hydrogen (secondary N) is 1. The summed E-state index contributed by atoms with van der Waals surface area (Å²) in [5.74, 6) is -0.740. The molecule has 0 unspecified atom stereocenters. The SMILES string of the molecule is CN(C)c1ccc(CNC(=O)c2ccc(Br)c(F)c2)cc1. The van der Waals surface area contributed by atoms with Crippen molar-refractivity contribution in [1.29, 1.82) is 0 Å². The van der Waals surface area contributed by atoms with Crippen molar-refractivity contribution >= 4 is 27.5 Å². The van der Waals surface area contributed by atoms with Gasteiger partial charge in [-0.25, -0.2) is 4.39 Å². The number of rotatable bonds is 4. The zero-order valence-electron chi connectivity index (χ0n) is 11.9. The summed E-state index contributed by atoms with van der Waals surface area (Å²) in [6, 6.07) is 12.2. The van der Waals surface area contributed by atoms with E-state index in [1.54, 1.807) is 6.07 Å². The van der Waals surface area contributed by atoms with E-state index in [1.165, 1.54) is 12.1 Å². The second kappa shape index (κ2) is 6.72. The van der Waals surface area contributed by atoms with Gasteiger partial charge in [-0.3, -0.25) is 4.79 Å². The van der Waals surface area contributed by atoms with Crippen LogP contribution in [-0.2, 0) is 6.54 Å². The standard InChI is InChI=1S/C16H16BrFN2O/c1-20(2)13-6-3-11(4-7-13)10-19-16(21)12-5-8-14(17)15(18)9-12/h3-9H,10H2,1-2H3,(H,19,21). The number of hydrogen-bond donors (Lipinski definition) is 1. The summed E-state index contributed by atoms with van der Waals surface area (Å²) in [7, 11) is 3.94. The zero-order valence-corrected chi connectivity index (χ0v) is 13.4. The van der Waals surface area contributed by atoms with E-state index >= 15 is 0 Å². The molecular weight excluding hydrogens is 335 g/mol. The molecule has 0 spiro atoms. The smallest absolute Gasteiger partial charge is 0.251 e. The van der Waals surface area contributed by atoms with Crippen molar-refractivity contribution in [3.8, 4) is 0 Å². The molecule has 0 aliphatic heterocycles. The summed E-state index contributed by atoms with van der Waals surface area (Å²) < 4.78 is 13.7. The monoisotopic (exact) mass is 350 g/mol. The van der Waals surface area contributed by atoms with Gasteiger partial charge in [0.25, 0.3) is 5.91 Å². The first kappa shape index (κ1) is 15.5. The molecule has 21 heavy (non-hydrogen) atoms. The van der Waals surface area contributed by atoms with Crippen molar-refractivity contribution in [2.75, 3.05) is 19.0 Å². The van der Waals surface area contributed by atoms with Gasteiger partial charge in [-0.15, -0.1) is 0 Å². The van der Waals surface area contributed by atoms with E-state index in [2.05, 4.69) is 21.2 Å². The summed E-state index contributed by atoms with van der Waals surface area (Å²) in [5, 5.41) is 2.78. The van der Waals surface area contributed by atoms with Crippen molar-refractivity contribution in [1.82, 2.24) is 5.32 Å². The van der Waals surface area contributed by atoms with Crippen LogP contribution < -0.4 is 10.2 Å². The van der Waals surface area contributed by atoms with Gasteiger partial charge in [-0.05, 0) is 51.8 Å². The maximum absolute atomic E-state index is 13.4. The van der Waals surface area contributed by atoms with Crippen LogP contribution in [0.3, 0.4) is 0 Å². The van der Waals surface area contributed by atoms with Crippen LogP contribution in [0.25, 0.3) is 0 Å². The van der Waals surface area contributed by atoms with Gasteiger partial charge in [0.2, 0.25) is 0 Å². The van der Waals surface area contributed by atoms with E-state index in [-0.39, 0.29) is 5.91 Å². The predicted octanol–water partition coefficient (Wildman–Crippen LogP) is 3.58. The van der Waals surface area contributed by atoms with Crippen LogP contribution in [0, 0.1) is 5.82 Å². The molecule has 2 aromatic carbocycles. The molecule has 2 rings (SSSR count). The minimum absolute atomic E-state index is 0.293. The Morgan fingerprint density at radius 3 is 2.43 bits per heavy atom. The van der Waals surface area contributed by atoms with Gasteiger partial charge in [0.1, 0.15) is 5.82 Å². The minimum atomic E-state index is -0.446. The molecule has 0 saturated heterocycles. The summed E-state index contributed by atoms with van der Waals surface area (Å²) in [6.07, 6.45) is 0. The molecule has 3 nitrogen and oxygen atoms in total. The van der Waals surface area contributed by atoms with E-state index in [4.69, 9.17) is 0 Å². The highest BCUT2D eigenvalue weighted by Crippen LogP contribution is 2.16. The summed E-state index contributed by atoms with van der Waals surface area (Å²) in [4.78, 5) is 14.0. The summed E-state index contributed by atoms with van der Waals surface area (Å²) in [5.41, 5.74) is 2.40. The highest BCUT2D eigenvalue weighted by Gasteiger charge is 2.08. The molecule has 1 N–H and O–H groups in total. The average molecular weight is 351 g/mol. The van der Waals surface area contributed by atoms with Crippen LogP contribution in [-0.4, -0.2) is 20.0 Å². The highest BCUT2D eigenvalue weighted by molar-refractivity contribution is 9.10. The fraction of sp³-hybridized carbons (Fsp3) is 0.188. The van der Waals surface area contributed by atoms with Gasteiger partial charge < -0.3 is 10.2 Å². The molecule has 1 amide bonds. The van der Waals surface area contributed by atoms with Gasteiger partial charge in [0, 0.05) is 31.9 Å². The Labute approximate surface area is 131 Å². The Morgan fingerprint density at radius 2 is 1.86 bits per heavy atom. The largest absolute Gasteiger partial charge is 0.378 e. The van der Waals surface area contributed by atoms with Crippen LogP contribution in [0.1, 0.15) is 15.9 Å². The lowest BCUT2D eigenvalue weighted by molar-refractivity contribution is 0.0950. The number of benzene rings is 2. The summed E-state index contributed by atoms with van der Waals surface area (Å²) in [6.45, 7) is 0.407. The number of hydrogen-bond acceptors (Lipinski definition) is 2. The van der Waals surface area contributed by atoms with Gasteiger partial charge in [0.15, 0.2) is 0 Å². The maximum Gasteiger partial charge on any atom is 0.251 e. The van der Waals surface area contributed by atoms with Crippen LogP contribution >= 0.6 is 15.9 Å². The van der Waals surface area contributed by atoms with Crippen molar-refractivity contribution in [3.05, 3.63) is 63.9 Å². The Hall–Kier alpha value is -1.88. The second-order valence-corrected chi connectivity index (χ2v) is 5.73. The van der Waals surface area contributed by atoms with Crippen molar-refractivity contribution < 1.29 is 9.18 Å². The average Bonchev–Trinajstić information content (AvgIpc) is 2.48. The molecule has 0 radical (unpaired) electrons. The number of anilines is 1. The predicted molar refractivity (Wildman–Crippen MR) is 86.0 cm³/mol. The minimum Gasteiger partial charge on any atom is -0.378 e. The maximum atomic E-state index is 13.4. The normalized spacial score (nSPS) is 10.3. The fourth-order valence-electron chi connectivity index (χ4n) is 1.83. The fourth-order valence-corrected chi connectivity index (χ4v) is 2.08. The molecule has 110 valence electrons. The molecule has 0 aliphatic rings. The van der Waals surface area contributed by atoms with Gasteiger partial charge in [-0.1, -0.05) is 12.1 Å². The van der Waals surface area contributed by atoms with Crippen LogP contribution in [0.4, 0.5) is 10.1 Å². The topological polar surface area (TPSA) is 32.3 Å². The van der Waals surface area contributed by atoms with Crippen molar-refractivity contribution in [2.45, 2.75) is 6.54 Å². The van der Waals surface area contributed by atoms with Crippen LogP contribution in [0.5, 0.6) is 0 Å². The lowest BCUT2D eigenvalue weighted by atomic mass is 10.1. The Bertz CT molecular complexity index is 641. The summed E-state index contributed by atoms with van der Waals surface area (Å²) >= 11 is 3.06. The molecule has 0 heterocycles. The van der Waals surface area contributed by atoms with Gasteiger partial charge >= 0.3 is 0 Å². The zero-order chi connectivity index (χ0) is 15.4. The number of carbonyl (C=O) groups excluding carboxylic acids is 1. The molecule has 0 atom stereocenters. The first-order valence-electron chi connectivity index (χ1n) is 6.47. The molecule has 0 bridgehead atoms. The van der Waals surface area contributed by atoms with Gasteiger partial charge in [0.05, 0.1) is 4.47 Å². The lowest BCUT2D eigenvalue weighted by Crippen LogP contribution is -2.22. The van der Waals surface area contributed by atoms with E-state index in [0.717, 1.165) is 11.3 Å². The first-order valence-corrected chi connectivity index (χ1v) is 7.26. The number of halogens is 2. The molecule has 5 heteroatoms. The Morgan fingerprint density at radius 1 is 1.19 bits per heavy atom. The Balaban J connectivity index is 1.98. The van der Waals surface area contributed by atoms with E-state index in [0.29, 0.717) is 16.6 Å². The first-order chi connectivity index (χ1) is 9.97. The second-order valence-electron chi connectivity index (χ2n) is 4.87. The highest BCUT2D eigenvalue weighted by atomic mass is 79.9. The van der Waals surface area contributed by atoms with Crippen molar-refractivity contribution in [3.63, 3.8) is 0 Å². The molecule has 2 aromatic rings. The lowest BCUT2D eigenvalue weighted by Gasteiger charge is -2.13. The number of amides is 1. The van der Waals surface area contributed by atoms with E-state index in [1.807, 2.05) is 43.3 Å². The Kier molecular flexibility index (Phi) is 4.96. The van der Waals surface area contributed by atoms with Crippen LogP contribution in [0.15, 0.2) is 46.9 Å². The quantitative estimate of drug-likeness (QED) is 0.913. The molecule has 0 aromatic heterocycles. The van der Waals surface area contributed by atoms with E-state index in [9.17, 15) is 9.18 Å². The molecule has 0 aliphatic carbocycles. The number of carbonyl (C=O) groups is 1. The number of nitrogens with zero attached hydrogens (tertiary/aromatic N) is 1. The van der Waals surface area contributed by atoms with Crippen LogP contribution in [0.2, 0.25) is 0 Å². The molecule has 0 fully saturated rings. The third-order valence-corrected chi connectivity index (χ3v) is 3.73. The van der Waals surface area contributed by atoms with Crippen molar-refractivity contribution in [2.24, 2.45) is 0 Å². The molecular formula is C16H16BrFN2O. The third kappa shape index (κ3) is 4.04. The van der Waals surface area contributed by atoms with E-state index < -0.39 is 5.82 Å².